The highest BCUT2D eigenvalue weighted by Gasteiger charge is 2.12. The van der Waals surface area contributed by atoms with Crippen molar-refractivity contribution in [3.05, 3.63) is 40.1 Å². The van der Waals surface area contributed by atoms with E-state index >= 15 is 0 Å². The van der Waals surface area contributed by atoms with Gasteiger partial charge in [0, 0.05) is 23.3 Å². The number of hydrogen-bond acceptors (Lipinski definition) is 2. The lowest BCUT2D eigenvalue weighted by Crippen LogP contribution is -2.03. The molecule has 1 aromatic heterocycles. The first-order valence-electron chi connectivity index (χ1n) is 5.46. The van der Waals surface area contributed by atoms with Gasteiger partial charge in [-0.2, -0.15) is 0 Å². The smallest absolute Gasteiger partial charge is 0.207 e. The highest BCUT2D eigenvalue weighted by Crippen LogP contribution is 2.29. The molecule has 0 aliphatic heterocycles. The molecule has 0 unspecified atom stereocenters. The molecule has 0 atom stereocenters. The van der Waals surface area contributed by atoms with Gasteiger partial charge < -0.3 is 9.88 Å². The number of aryl methyl sites for hydroxylation is 2. The fourth-order valence-corrected chi connectivity index (χ4v) is 2.17. The SMILES string of the molecule is CCn1cc(C)nc1Nc1c(F)cc(F)cc1Br. The summed E-state index contributed by atoms with van der Waals surface area (Å²) in [6.45, 7) is 4.53. The van der Waals surface area contributed by atoms with Crippen LogP contribution in [0.3, 0.4) is 0 Å². The zero-order valence-corrected chi connectivity index (χ0v) is 11.6. The molecule has 0 saturated heterocycles. The zero-order valence-electron chi connectivity index (χ0n) is 9.97. The average molecular weight is 316 g/mol. The van der Waals surface area contributed by atoms with Crippen LogP contribution in [0.1, 0.15) is 12.6 Å². The number of nitrogens with one attached hydrogen (secondary N) is 1. The minimum Gasteiger partial charge on any atom is -0.322 e. The van der Waals surface area contributed by atoms with E-state index in [1.807, 2.05) is 24.6 Å². The molecule has 3 nitrogen and oxygen atoms in total. The van der Waals surface area contributed by atoms with Crippen molar-refractivity contribution in [3.8, 4) is 0 Å². The maximum atomic E-state index is 13.7. The van der Waals surface area contributed by atoms with E-state index in [0.717, 1.165) is 11.8 Å². The molecule has 96 valence electrons. The molecule has 1 aromatic carbocycles. The van der Waals surface area contributed by atoms with Gasteiger partial charge in [-0.1, -0.05) is 0 Å². The maximum Gasteiger partial charge on any atom is 0.207 e. The second-order valence-corrected chi connectivity index (χ2v) is 4.72. The third-order valence-corrected chi connectivity index (χ3v) is 3.11. The van der Waals surface area contributed by atoms with Gasteiger partial charge in [0.1, 0.15) is 5.82 Å². The van der Waals surface area contributed by atoms with Gasteiger partial charge in [-0.05, 0) is 35.8 Å². The quantitative estimate of drug-likeness (QED) is 0.928. The van der Waals surface area contributed by atoms with Crippen molar-refractivity contribution in [2.45, 2.75) is 20.4 Å². The summed E-state index contributed by atoms with van der Waals surface area (Å²) < 4.78 is 28.8. The molecule has 0 aliphatic carbocycles. The summed E-state index contributed by atoms with van der Waals surface area (Å²) in [6, 6.07) is 2.04. The predicted octanol–water partition coefficient (Wildman–Crippen LogP) is 4.00. The topological polar surface area (TPSA) is 29.9 Å². The minimum absolute atomic E-state index is 0.178. The van der Waals surface area contributed by atoms with E-state index in [9.17, 15) is 8.78 Å². The van der Waals surface area contributed by atoms with Gasteiger partial charge in [0.05, 0.1) is 11.4 Å². The molecule has 0 spiro atoms. The molecular formula is C12H12BrF2N3. The average Bonchev–Trinajstić information content (AvgIpc) is 2.64. The molecule has 0 radical (unpaired) electrons. The Labute approximate surface area is 112 Å². The number of hydrogen-bond donors (Lipinski definition) is 1. The van der Waals surface area contributed by atoms with Crippen molar-refractivity contribution < 1.29 is 8.78 Å². The molecule has 2 aromatic rings. The van der Waals surface area contributed by atoms with E-state index in [2.05, 4.69) is 26.2 Å². The van der Waals surface area contributed by atoms with E-state index in [1.165, 1.54) is 6.07 Å². The Morgan fingerprint density at radius 2 is 2.11 bits per heavy atom. The Kier molecular flexibility index (Phi) is 3.65. The summed E-state index contributed by atoms with van der Waals surface area (Å²) in [7, 11) is 0. The van der Waals surface area contributed by atoms with Crippen LogP contribution in [0.25, 0.3) is 0 Å². The predicted molar refractivity (Wildman–Crippen MR) is 70.0 cm³/mol. The van der Waals surface area contributed by atoms with Crippen LogP contribution in [0.5, 0.6) is 0 Å². The van der Waals surface area contributed by atoms with Crippen molar-refractivity contribution in [1.82, 2.24) is 9.55 Å². The van der Waals surface area contributed by atoms with Crippen LogP contribution in [0.4, 0.5) is 20.4 Å². The molecule has 6 heteroatoms. The maximum absolute atomic E-state index is 13.7. The molecule has 0 saturated carbocycles. The van der Waals surface area contributed by atoms with Crippen molar-refractivity contribution in [2.75, 3.05) is 5.32 Å². The highest BCUT2D eigenvalue weighted by atomic mass is 79.9. The fourth-order valence-electron chi connectivity index (χ4n) is 1.66. The normalized spacial score (nSPS) is 10.7. The molecule has 2 rings (SSSR count). The molecule has 0 bridgehead atoms. The van der Waals surface area contributed by atoms with E-state index < -0.39 is 11.6 Å². The van der Waals surface area contributed by atoms with E-state index in [0.29, 0.717) is 17.0 Å². The van der Waals surface area contributed by atoms with Crippen LogP contribution >= 0.6 is 15.9 Å². The van der Waals surface area contributed by atoms with Crippen LogP contribution < -0.4 is 5.32 Å². The number of aromatic nitrogens is 2. The lowest BCUT2D eigenvalue weighted by Gasteiger charge is -2.10. The highest BCUT2D eigenvalue weighted by molar-refractivity contribution is 9.10. The van der Waals surface area contributed by atoms with Gasteiger partial charge in [-0.15, -0.1) is 0 Å². The number of imidazole rings is 1. The van der Waals surface area contributed by atoms with Crippen molar-refractivity contribution in [1.29, 1.82) is 0 Å². The van der Waals surface area contributed by atoms with Gasteiger partial charge in [-0.25, -0.2) is 13.8 Å². The second kappa shape index (κ2) is 5.06. The first-order valence-corrected chi connectivity index (χ1v) is 6.26. The Balaban J connectivity index is 2.39. The molecule has 0 aliphatic rings. The third-order valence-electron chi connectivity index (χ3n) is 2.48. The second-order valence-electron chi connectivity index (χ2n) is 3.86. The molecule has 0 fully saturated rings. The van der Waals surface area contributed by atoms with E-state index in [1.54, 1.807) is 0 Å². The first kappa shape index (κ1) is 13.0. The summed E-state index contributed by atoms with van der Waals surface area (Å²) >= 11 is 3.13. The largest absolute Gasteiger partial charge is 0.322 e. The standard InChI is InChI=1S/C12H12BrF2N3/c1-3-18-6-7(2)16-12(18)17-11-9(13)4-8(14)5-10(11)15/h4-6H,3H2,1-2H3,(H,16,17). The summed E-state index contributed by atoms with van der Waals surface area (Å²) in [5, 5.41) is 2.87. The third kappa shape index (κ3) is 2.53. The number of nitrogens with zero attached hydrogens (tertiary/aromatic N) is 2. The van der Waals surface area contributed by atoms with Gasteiger partial charge in [0.15, 0.2) is 5.82 Å². The molecule has 1 N–H and O–H groups in total. The lowest BCUT2D eigenvalue weighted by atomic mass is 10.3. The van der Waals surface area contributed by atoms with Crippen LogP contribution in [-0.2, 0) is 6.54 Å². The van der Waals surface area contributed by atoms with Crippen LogP contribution in [0.15, 0.2) is 22.8 Å². The summed E-state index contributed by atoms with van der Waals surface area (Å²) in [6.07, 6.45) is 1.86. The van der Waals surface area contributed by atoms with Gasteiger partial charge in [0.2, 0.25) is 5.95 Å². The van der Waals surface area contributed by atoms with Crippen LogP contribution in [-0.4, -0.2) is 9.55 Å². The Hall–Kier alpha value is -1.43. The monoisotopic (exact) mass is 315 g/mol. The summed E-state index contributed by atoms with van der Waals surface area (Å²) in [5.41, 5.74) is 1.01. The van der Waals surface area contributed by atoms with Crippen molar-refractivity contribution in [2.24, 2.45) is 0 Å². The van der Waals surface area contributed by atoms with Crippen molar-refractivity contribution >= 4 is 27.6 Å². The van der Waals surface area contributed by atoms with E-state index in [4.69, 9.17) is 0 Å². The van der Waals surface area contributed by atoms with Gasteiger partial charge >= 0.3 is 0 Å². The number of halogens is 3. The Morgan fingerprint density at radius 3 is 2.72 bits per heavy atom. The fraction of sp³-hybridized carbons (Fsp3) is 0.250. The Morgan fingerprint density at radius 1 is 1.39 bits per heavy atom. The van der Waals surface area contributed by atoms with Gasteiger partial charge in [-0.3, -0.25) is 0 Å². The van der Waals surface area contributed by atoms with Crippen LogP contribution in [0, 0.1) is 18.6 Å². The van der Waals surface area contributed by atoms with Crippen LogP contribution in [0.2, 0.25) is 0 Å². The first-order chi connectivity index (χ1) is 8.51. The minimum atomic E-state index is -0.662. The van der Waals surface area contributed by atoms with Crippen molar-refractivity contribution in [3.63, 3.8) is 0 Å². The van der Waals surface area contributed by atoms with Gasteiger partial charge in [0.25, 0.3) is 0 Å². The van der Waals surface area contributed by atoms with E-state index in [-0.39, 0.29) is 5.69 Å². The molecule has 0 amide bonds. The summed E-state index contributed by atoms with van der Waals surface area (Å²) in [4.78, 5) is 4.25. The number of rotatable bonds is 3. The molecule has 18 heavy (non-hydrogen) atoms. The Bertz CT molecular complexity index is 558. The summed E-state index contributed by atoms with van der Waals surface area (Å²) in [5.74, 6) is -0.758. The molecule has 1 heterocycles. The lowest BCUT2D eigenvalue weighted by molar-refractivity contribution is 0.584. The molecular weight excluding hydrogens is 304 g/mol. The number of anilines is 2. The zero-order chi connectivity index (χ0) is 13.3. The number of benzene rings is 1.